The number of nitrogens with one attached hydrogen (secondary N) is 1. The summed E-state index contributed by atoms with van der Waals surface area (Å²) in [7, 11) is 0. The Bertz CT molecular complexity index is 271. The predicted molar refractivity (Wildman–Crippen MR) is 55.6 cm³/mol. The molecule has 0 atom stereocenters. The average Bonchev–Trinajstić information content (AvgIpc) is 2.11. The highest BCUT2D eigenvalue weighted by Gasteiger charge is 2.21. The van der Waals surface area contributed by atoms with Gasteiger partial charge in [-0.3, -0.25) is 4.79 Å². The lowest BCUT2D eigenvalue weighted by Crippen LogP contribution is -2.37. The number of carbonyl (C=O) groups excluding carboxylic acids is 1. The Balaban J connectivity index is 3.98. The number of carboxylic acid groups (broad SMARTS) is 1. The van der Waals surface area contributed by atoms with Crippen LogP contribution in [0.3, 0.4) is 0 Å². The monoisotopic (exact) mass is 215 g/mol. The molecule has 0 aliphatic heterocycles. The van der Waals surface area contributed by atoms with Gasteiger partial charge in [0.15, 0.2) is 0 Å². The fourth-order valence-electron chi connectivity index (χ4n) is 0.779. The zero-order valence-electron chi connectivity index (χ0n) is 9.29. The summed E-state index contributed by atoms with van der Waals surface area (Å²) in [5, 5.41) is 11.0. The highest BCUT2D eigenvalue weighted by atomic mass is 16.7. The van der Waals surface area contributed by atoms with Gasteiger partial charge in [0.2, 0.25) is 5.91 Å². The van der Waals surface area contributed by atoms with Crippen molar-refractivity contribution in [2.24, 2.45) is 5.41 Å². The van der Waals surface area contributed by atoms with E-state index in [1.165, 1.54) is 0 Å². The van der Waals surface area contributed by atoms with Crippen LogP contribution in [0.1, 0.15) is 20.8 Å². The summed E-state index contributed by atoms with van der Waals surface area (Å²) >= 11 is 0. The zero-order chi connectivity index (χ0) is 12.1. The first-order chi connectivity index (χ1) is 6.74. The van der Waals surface area contributed by atoms with E-state index in [1.807, 2.05) is 0 Å². The van der Waals surface area contributed by atoms with Gasteiger partial charge in [0, 0.05) is 17.5 Å². The number of amides is 1. The van der Waals surface area contributed by atoms with Crippen molar-refractivity contribution in [2.75, 3.05) is 13.2 Å². The predicted octanol–water partition coefficient (Wildman–Crippen LogP) is 1.40. The van der Waals surface area contributed by atoms with Gasteiger partial charge in [-0.15, -0.1) is 0 Å². The van der Waals surface area contributed by atoms with Crippen LogP contribution in [0.5, 0.6) is 0 Å². The molecular weight excluding hydrogens is 198 g/mol. The van der Waals surface area contributed by atoms with E-state index in [0.29, 0.717) is 12.1 Å². The topological polar surface area (TPSA) is 75.6 Å². The van der Waals surface area contributed by atoms with Gasteiger partial charge >= 0.3 is 6.16 Å². The van der Waals surface area contributed by atoms with Crippen LogP contribution in [0.25, 0.3) is 0 Å². The van der Waals surface area contributed by atoms with Gasteiger partial charge in [0.25, 0.3) is 0 Å². The third-order valence-corrected chi connectivity index (χ3v) is 1.70. The van der Waals surface area contributed by atoms with Gasteiger partial charge in [-0.2, -0.15) is 0 Å². The zero-order valence-corrected chi connectivity index (χ0v) is 9.29. The van der Waals surface area contributed by atoms with Crippen molar-refractivity contribution in [1.29, 1.82) is 0 Å². The van der Waals surface area contributed by atoms with Crippen molar-refractivity contribution in [2.45, 2.75) is 20.8 Å². The molecule has 0 heterocycles. The summed E-state index contributed by atoms with van der Waals surface area (Å²) < 4.78 is 4.44. The van der Waals surface area contributed by atoms with Crippen LogP contribution in [-0.2, 0) is 9.53 Å². The first-order valence-corrected chi connectivity index (χ1v) is 4.54. The second-order valence-corrected chi connectivity index (χ2v) is 4.18. The number of hydrogen-bond donors (Lipinski definition) is 2. The van der Waals surface area contributed by atoms with Crippen LogP contribution in [-0.4, -0.2) is 30.3 Å². The van der Waals surface area contributed by atoms with Crippen molar-refractivity contribution >= 4 is 12.1 Å². The summed E-state index contributed by atoms with van der Waals surface area (Å²) in [5.74, 6) is -0.238. The molecule has 0 radical (unpaired) electrons. The molecule has 0 rings (SSSR count). The molecule has 0 aliphatic carbocycles. The van der Waals surface area contributed by atoms with E-state index in [1.54, 1.807) is 20.8 Å². The lowest BCUT2D eigenvalue weighted by Gasteiger charge is -2.23. The quantitative estimate of drug-likeness (QED) is 0.537. The van der Waals surface area contributed by atoms with Crippen LogP contribution >= 0.6 is 0 Å². The van der Waals surface area contributed by atoms with Crippen molar-refractivity contribution in [3.8, 4) is 0 Å². The first-order valence-electron chi connectivity index (χ1n) is 4.54. The largest absolute Gasteiger partial charge is 0.505 e. The molecule has 0 saturated carbocycles. The molecule has 0 aliphatic rings. The number of ether oxygens (including phenoxy) is 1. The fraction of sp³-hybridized carbons (Fsp3) is 0.600. The number of rotatable bonds is 5. The minimum atomic E-state index is -1.31. The van der Waals surface area contributed by atoms with Gasteiger partial charge < -0.3 is 15.2 Å². The van der Waals surface area contributed by atoms with Gasteiger partial charge in [0.1, 0.15) is 6.61 Å². The Morgan fingerprint density at radius 1 is 1.47 bits per heavy atom. The van der Waals surface area contributed by atoms with Gasteiger partial charge in [-0.05, 0) is 6.92 Å². The number of hydrogen-bond acceptors (Lipinski definition) is 3. The van der Waals surface area contributed by atoms with Gasteiger partial charge in [0.05, 0.1) is 0 Å². The standard InChI is InChI=1S/C10H17NO4/c1-7(2)8(12)11-5-10(3,4)6-15-9(13)14/h1,5-6H2,2-4H3,(H,11,12)(H,13,14). The Morgan fingerprint density at radius 2 is 2.00 bits per heavy atom. The van der Waals surface area contributed by atoms with Crippen molar-refractivity contribution < 1.29 is 19.4 Å². The van der Waals surface area contributed by atoms with E-state index in [-0.39, 0.29) is 12.5 Å². The highest BCUT2D eigenvalue weighted by molar-refractivity contribution is 5.92. The van der Waals surface area contributed by atoms with Crippen molar-refractivity contribution in [3.05, 3.63) is 12.2 Å². The first kappa shape index (κ1) is 13.5. The minimum Gasteiger partial charge on any atom is -0.450 e. The van der Waals surface area contributed by atoms with Crippen LogP contribution in [0, 0.1) is 5.41 Å². The van der Waals surface area contributed by atoms with Crippen LogP contribution in [0.4, 0.5) is 4.79 Å². The molecule has 1 amide bonds. The maximum atomic E-state index is 11.2. The molecule has 5 nitrogen and oxygen atoms in total. The van der Waals surface area contributed by atoms with Crippen LogP contribution in [0.2, 0.25) is 0 Å². The molecule has 0 aromatic heterocycles. The molecule has 0 spiro atoms. The Morgan fingerprint density at radius 3 is 2.40 bits per heavy atom. The smallest absolute Gasteiger partial charge is 0.450 e. The second kappa shape index (κ2) is 5.38. The molecule has 0 aromatic carbocycles. The van der Waals surface area contributed by atoms with E-state index in [0.717, 1.165) is 0 Å². The molecule has 0 fully saturated rings. The van der Waals surface area contributed by atoms with Gasteiger partial charge in [-0.25, -0.2) is 4.79 Å². The minimum absolute atomic E-state index is 0.0405. The van der Waals surface area contributed by atoms with E-state index < -0.39 is 11.6 Å². The van der Waals surface area contributed by atoms with E-state index in [9.17, 15) is 9.59 Å². The third kappa shape index (κ3) is 6.54. The summed E-state index contributed by atoms with van der Waals surface area (Å²) in [6.45, 7) is 9.08. The SMILES string of the molecule is C=C(C)C(=O)NCC(C)(C)COC(=O)O. The van der Waals surface area contributed by atoms with Crippen molar-refractivity contribution in [3.63, 3.8) is 0 Å². The summed E-state index contributed by atoms with van der Waals surface area (Å²) in [6.07, 6.45) is -1.31. The second-order valence-electron chi connectivity index (χ2n) is 4.18. The van der Waals surface area contributed by atoms with E-state index in [2.05, 4.69) is 16.6 Å². The number of carbonyl (C=O) groups is 2. The summed E-state index contributed by atoms with van der Waals surface area (Å²) in [6, 6.07) is 0. The summed E-state index contributed by atoms with van der Waals surface area (Å²) in [4.78, 5) is 21.3. The van der Waals surface area contributed by atoms with E-state index in [4.69, 9.17) is 5.11 Å². The lowest BCUT2D eigenvalue weighted by molar-refractivity contribution is -0.117. The molecule has 0 aromatic rings. The maximum Gasteiger partial charge on any atom is 0.505 e. The average molecular weight is 215 g/mol. The Hall–Kier alpha value is -1.52. The molecule has 0 bridgehead atoms. The Labute approximate surface area is 89.1 Å². The molecule has 5 heteroatoms. The molecular formula is C10H17NO4. The van der Waals surface area contributed by atoms with E-state index >= 15 is 0 Å². The van der Waals surface area contributed by atoms with Crippen LogP contribution < -0.4 is 5.32 Å². The van der Waals surface area contributed by atoms with Gasteiger partial charge in [-0.1, -0.05) is 20.4 Å². The molecule has 15 heavy (non-hydrogen) atoms. The molecule has 86 valence electrons. The molecule has 0 unspecified atom stereocenters. The van der Waals surface area contributed by atoms with Crippen molar-refractivity contribution in [1.82, 2.24) is 5.32 Å². The van der Waals surface area contributed by atoms with Crippen LogP contribution in [0.15, 0.2) is 12.2 Å². The normalized spacial score (nSPS) is 10.6. The fourth-order valence-corrected chi connectivity index (χ4v) is 0.779. The lowest BCUT2D eigenvalue weighted by atomic mass is 9.95. The molecule has 0 saturated heterocycles. The molecule has 2 N–H and O–H groups in total. The Kier molecular flexibility index (Phi) is 4.84. The highest BCUT2D eigenvalue weighted by Crippen LogP contribution is 2.14. The summed E-state index contributed by atoms with van der Waals surface area (Å²) in [5.41, 5.74) is -0.00583. The maximum absolute atomic E-state index is 11.2. The third-order valence-electron chi connectivity index (χ3n) is 1.70.